The van der Waals surface area contributed by atoms with Crippen LogP contribution in [0.3, 0.4) is 0 Å². The van der Waals surface area contributed by atoms with Gasteiger partial charge in [0.2, 0.25) is 0 Å². The first-order chi connectivity index (χ1) is 13.3. The van der Waals surface area contributed by atoms with E-state index in [1.165, 1.54) is 19.3 Å². The molecule has 2 amide bonds. The SMILES string of the molecule is O=C(Nc1ccc2sc3nc4ccccc4nc3c2c1)NC1CCCCC1. The second-order valence-corrected chi connectivity index (χ2v) is 8.14. The number of nitrogens with one attached hydrogen (secondary N) is 2. The van der Waals surface area contributed by atoms with Crippen molar-refractivity contribution in [1.29, 1.82) is 0 Å². The van der Waals surface area contributed by atoms with Gasteiger partial charge in [0.1, 0.15) is 10.3 Å². The van der Waals surface area contributed by atoms with Gasteiger partial charge in [-0.05, 0) is 43.2 Å². The van der Waals surface area contributed by atoms with Gasteiger partial charge in [-0.3, -0.25) is 0 Å². The lowest BCUT2D eigenvalue weighted by atomic mass is 9.96. The molecule has 2 heterocycles. The number of benzene rings is 2. The molecule has 1 aliphatic carbocycles. The van der Waals surface area contributed by atoms with E-state index in [4.69, 9.17) is 9.97 Å². The van der Waals surface area contributed by atoms with Gasteiger partial charge in [0.15, 0.2) is 0 Å². The summed E-state index contributed by atoms with van der Waals surface area (Å²) in [5.74, 6) is 0. The lowest BCUT2D eigenvalue weighted by Crippen LogP contribution is -2.38. The summed E-state index contributed by atoms with van der Waals surface area (Å²) in [6.07, 6.45) is 5.82. The fourth-order valence-electron chi connectivity index (χ4n) is 3.82. The summed E-state index contributed by atoms with van der Waals surface area (Å²) in [5, 5.41) is 7.11. The summed E-state index contributed by atoms with van der Waals surface area (Å²) in [7, 11) is 0. The molecular weight excluding hydrogens is 356 g/mol. The van der Waals surface area contributed by atoms with Crippen LogP contribution in [-0.2, 0) is 0 Å². The Kier molecular flexibility index (Phi) is 4.13. The van der Waals surface area contributed by atoms with Gasteiger partial charge in [-0.25, -0.2) is 14.8 Å². The molecular formula is C21H20N4OS. The third-order valence-electron chi connectivity index (χ3n) is 5.18. The van der Waals surface area contributed by atoms with Crippen LogP contribution in [0.2, 0.25) is 0 Å². The molecule has 6 heteroatoms. The number of carbonyl (C=O) groups excluding carboxylic acids is 1. The highest BCUT2D eigenvalue weighted by Crippen LogP contribution is 2.34. The van der Waals surface area contributed by atoms with Crippen LogP contribution in [0, 0.1) is 0 Å². The number of aromatic nitrogens is 2. The van der Waals surface area contributed by atoms with Crippen molar-refractivity contribution in [1.82, 2.24) is 15.3 Å². The summed E-state index contributed by atoms with van der Waals surface area (Å²) < 4.78 is 1.12. The first-order valence-corrected chi connectivity index (χ1v) is 10.2. The average Bonchev–Trinajstić information content (AvgIpc) is 3.04. The summed E-state index contributed by atoms with van der Waals surface area (Å²) in [6.45, 7) is 0. The number of amides is 2. The monoisotopic (exact) mass is 376 g/mol. The van der Waals surface area contributed by atoms with Crippen molar-refractivity contribution in [3.05, 3.63) is 42.5 Å². The minimum Gasteiger partial charge on any atom is -0.335 e. The molecule has 0 unspecified atom stereocenters. The van der Waals surface area contributed by atoms with Gasteiger partial charge >= 0.3 is 6.03 Å². The van der Waals surface area contributed by atoms with Crippen LogP contribution in [0.25, 0.3) is 31.5 Å². The number of hydrogen-bond acceptors (Lipinski definition) is 4. The lowest BCUT2D eigenvalue weighted by Gasteiger charge is -2.22. The molecule has 5 nitrogen and oxygen atoms in total. The molecule has 4 aromatic rings. The number of para-hydroxylation sites is 2. The largest absolute Gasteiger partial charge is 0.335 e. The maximum Gasteiger partial charge on any atom is 0.319 e. The standard InChI is InChI=1S/C21H20N4OS/c26-21(22-13-6-2-1-3-7-13)23-14-10-11-18-15(12-14)19-20(27-18)25-17-9-5-4-8-16(17)24-19/h4-5,8-13H,1-3,6-7H2,(H2,22,23,26). The zero-order chi connectivity index (χ0) is 18.2. The predicted molar refractivity (Wildman–Crippen MR) is 111 cm³/mol. The van der Waals surface area contributed by atoms with Gasteiger partial charge in [0, 0.05) is 21.8 Å². The molecule has 2 aromatic heterocycles. The predicted octanol–water partition coefficient (Wildman–Crippen LogP) is 5.45. The van der Waals surface area contributed by atoms with Crippen molar-refractivity contribution >= 4 is 54.5 Å². The fraction of sp³-hybridized carbons (Fsp3) is 0.286. The normalized spacial score (nSPS) is 15.4. The highest BCUT2D eigenvalue weighted by molar-refractivity contribution is 7.25. The molecule has 2 aromatic carbocycles. The summed E-state index contributed by atoms with van der Waals surface area (Å²) in [5.41, 5.74) is 3.47. The summed E-state index contributed by atoms with van der Waals surface area (Å²) >= 11 is 1.63. The van der Waals surface area contributed by atoms with E-state index >= 15 is 0 Å². The first-order valence-electron chi connectivity index (χ1n) is 9.43. The number of nitrogens with zero attached hydrogens (tertiary/aromatic N) is 2. The van der Waals surface area contributed by atoms with Crippen LogP contribution in [0.15, 0.2) is 42.5 Å². The van der Waals surface area contributed by atoms with Gasteiger partial charge in [-0.2, -0.15) is 0 Å². The average molecular weight is 376 g/mol. The third kappa shape index (κ3) is 3.21. The number of carbonyl (C=O) groups is 1. The zero-order valence-corrected chi connectivity index (χ0v) is 15.7. The Bertz CT molecular complexity index is 1150. The van der Waals surface area contributed by atoms with Crippen molar-refractivity contribution in [2.24, 2.45) is 0 Å². The van der Waals surface area contributed by atoms with Crippen LogP contribution in [-0.4, -0.2) is 22.0 Å². The molecule has 1 aliphatic rings. The molecule has 0 radical (unpaired) electrons. The Hall–Kier alpha value is -2.73. The van der Waals surface area contributed by atoms with E-state index in [1.54, 1.807) is 11.3 Å². The van der Waals surface area contributed by atoms with Crippen molar-refractivity contribution in [2.45, 2.75) is 38.1 Å². The maximum atomic E-state index is 12.3. The van der Waals surface area contributed by atoms with Gasteiger partial charge in [-0.15, -0.1) is 11.3 Å². The molecule has 0 atom stereocenters. The molecule has 0 spiro atoms. The molecule has 27 heavy (non-hydrogen) atoms. The van der Waals surface area contributed by atoms with Crippen molar-refractivity contribution in [2.75, 3.05) is 5.32 Å². The molecule has 0 bridgehead atoms. The molecule has 1 saturated carbocycles. The highest BCUT2D eigenvalue weighted by Gasteiger charge is 2.16. The fourth-order valence-corrected chi connectivity index (χ4v) is 4.82. The molecule has 5 rings (SSSR count). The van der Waals surface area contributed by atoms with Gasteiger partial charge in [0.25, 0.3) is 0 Å². The second kappa shape index (κ2) is 6.78. The van der Waals surface area contributed by atoms with Gasteiger partial charge < -0.3 is 10.6 Å². The van der Waals surface area contributed by atoms with Crippen LogP contribution < -0.4 is 10.6 Å². The lowest BCUT2D eigenvalue weighted by molar-refractivity contribution is 0.244. The number of fused-ring (bicyclic) bond motifs is 4. The van der Waals surface area contributed by atoms with E-state index in [-0.39, 0.29) is 6.03 Å². The molecule has 2 N–H and O–H groups in total. The van der Waals surface area contributed by atoms with Crippen molar-refractivity contribution < 1.29 is 4.79 Å². The number of thiophene rings is 1. The van der Waals surface area contributed by atoms with Gasteiger partial charge in [-0.1, -0.05) is 31.4 Å². The Morgan fingerprint density at radius 2 is 1.78 bits per heavy atom. The third-order valence-corrected chi connectivity index (χ3v) is 6.23. The topological polar surface area (TPSA) is 66.9 Å². The number of anilines is 1. The Balaban J connectivity index is 1.45. The smallest absolute Gasteiger partial charge is 0.319 e. The Labute approximate surface area is 160 Å². The van der Waals surface area contributed by atoms with Crippen LogP contribution in [0.4, 0.5) is 10.5 Å². The summed E-state index contributed by atoms with van der Waals surface area (Å²) in [4.78, 5) is 22.8. The van der Waals surface area contributed by atoms with Crippen LogP contribution in [0.5, 0.6) is 0 Å². The Morgan fingerprint density at radius 1 is 1.00 bits per heavy atom. The first kappa shape index (κ1) is 16.4. The van der Waals surface area contributed by atoms with E-state index in [9.17, 15) is 4.79 Å². The highest BCUT2D eigenvalue weighted by atomic mass is 32.1. The van der Waals surface area contributed by atoms with E-state index < -0.39 is 0 Å². The molecule has 1 fully saturated rings. The van der Waals surface area contributed by atoms with E-state index in [1.807, 2.05) is 42.5 Å². The van der Waals surface area contributed by atoms with Crippen molar-refractivity contribution in [3.63, 3.8) is 0 Å². The van der Waals surface area contributed by atoms with E-state index in [2.05, 4.69) is 10.6 Å². The number of urea groups is 1. The minimum absolute atomic E-state index is 0.127. The number of hydrogen-bond donors (Lipinski definition) is 2. The zero-order valence-electron chi connectivity index (χ0n) is 14.9. The van der Waals surface area contributed by atoms with Gasteiger partial charge in [0.05, 0.1) is 11.0 Å². The van der Waals surface area contributed by atoms with E-state index in [0.717, 1.165) is 50.0 Å². The second-order valence-electron chi connectivity index (χ2n) is 7.11. The Morgan fingerprint density at radius 3 is 2.59 bits per heavy atom. The van der Waals surface area contributed by atoms with Crippen LogP contribution >= 0.6 is 11.3 Å². The minimum atomic E-state index is -0.127. The van der Waals surface area contributed by atoms with E-state index in [0.29, 0.717) is 6.04 Å². The van der Waals surface area contributed by atoms with Crippen molar-refractivity contribution in [3.8, 4) is 0 Å². The maximum absolute atomic E-state index is 12.3. The molecule has 0 saturated heterocycles. The number of rotatable bonds is 2. The quantitative estimate of drug-likeness (QED) is 0.489. The molecule has 0 aliphatic heterocycles. The summed E-state index contributed by atoms with van der Waals surface area (Å²) in [6, 6.07) is 14.0. The molecule has 136 valence electrons. The van der Waals surface area contributed by atoms with Crippen LogP contribution in [0.1, 0.15) is 32.1 Å².